The van der Waals surface area contributed by atoms with Crippen LogP contribution < -0.4 is 0 Å². The van der Waals surface area contributed by atoms with Crippen molar-refractivity contribution in [1.29, 1.82) is 0 Å². The molecule has 0 saturated carbocycles. The summed E-state index contributed by atoms with van der Waals surface area (Å²) in [5, 5.41) is 4.37. The van der Waals surface area contributed by atoms with E-state index in [0.717, 1.165) is 10.3 Å². The molecule has 2 heterocycles. The molecule has 0 spiro atoms. The minimum atomic E-state index is -0.477. The molecule has 0 aromatic carbocycles. The Morgan fingerprint density at radius 1 is 1.47 bits per heavy atom. The number of aromatic nitrogens is 2. The first-order chi connectivity index (χ1) is 8.69. The average molecular weight is 330 g/mol. The predicted molar refractivity (Wildman–Crippen MR) is 75.9 cm³/mol. The molecule has 6 heteroatoms. The van der Waals surface area contributed by atoms with Gasteiger partial charge in [0, 0.05) is 0 Å². The number of hydrogen-bond donors (Lipinski definition) is 0. The average Bonchev–Trinajstić information content (AvgIpc) is 2.55. The van der Waals surface area contributed by atoms with Crippen LogP contribution in [0.1, 0.15) is 46.4 Å². The normalized spacial score (nSPS) is 23.2. The van der Waals surface area contributed by atoms with Crippen LogP contribution >= 0.6 is 15.9 Å². The van der Waals surface area contributed by atoms with Crippen molar-refractivity contribution in [2.24, 2.45) is 0 Å². The summed E-state index contributed by atoms with van der Waals surface area (Å²) in [7, 11) is 0. The first kappa shape index (κ1) is 14.4. The zero-order valence-corrected chi connectivity index (χ0v) is 13.6. The first-order valence-electron chi connectivity index (χ1n) is 6.43. The van der Waals surface area contributed by atoms with E-state index >= 15 is 0 Å². The van der Waals surface area contributed by atoms with Crippen molar-refractivity contribution < 1.29 is 9.53 Å². The van der Waals surface area contributed by atoms with Crippen LogP contribution in [0.15, 0.2) is 10.7 Å². The molecule has 0 unspecified atom stereocenters. The summed E-state index contributed by atoms with van der Waals surface area (Å²) >= 11 is 3.38. The van der Waals surface area contributed by atoms with Gasteiger partial charge in [0.2, 0.25) is 0 Å². The second-order valence-corrected chi connectivity index (χ2v) is 6.80. The number of hydrogen-bond acceptors (Lipinski definition) is 3. The molecular formula is C13H20BrN3O2. The van der Waals surface area contributed by atoms with Gasteiger partial charge in [-0.2, -0.15) is 5.10 Å². The van der Waals surface area contributed by atoms with Gasteiger partial charge in [-0.3, -0.25) is 9.58 Å². The fourth-order valence-corrected chi connectivity index (χ4v) is 2.82. The van der Waals surface area contributed by atoms with Gasteiger partial charge in [0.05, 0.1) is 24.3 Å². The third kappa shape index (κ3) is 2.94. The molecule has 1 aliphatic heterocycles. The second-order valence-electron chi connectivity index (χ2n) is 5.99. The van der Waals surface area contributed by atoms with Crippen LogP contribution in [-0.2, 0) is 11.3 Å². The highest BCUT2D eigenvalue weighted by Gasteiger charge is 2.36. The van der Waals surface area contributed by atoms with Crippen LogP contribution in [-0.4, -0.2) is 32.4 Å². The van der Waals surface area contributed by atoms with Crippen LogP contribution in [0, 0.1) is 0 Å². The highest BCUT2D eigenvalue weighted by Crippen LogP contribution is 2.31. The zero-order chi connectivity index (χ0) is 14.4. The molecule has 2 atom stereocenters. The van der Waals surface area contributed by atoms with Gasteiger partial charge in [0.1, 0.15) is 10.2 Å². The Labute approximate surface area is 122 Å². The Bertz CT molecular complexity index is 493. The van der Waals surface area contributed by atoms with E-state index in [2.05, 4.69) is 21.0 Å². The Hall–Kier alpha value is -1.04. The number of amides is 1. The van der Waals surface area contributed by atoms with E-state index in [1.165, 1.54) is 0 Å². The number of rotatable bonds is 0. The molecular weight excluding hydrogens is 310 g/mol. The number of carbonyl (C=O) groups excluding carboxylic acids is 1. The molecule has 1 aromatic heterocycles. The molecule has 19 heavy (non-hydrogen) atoms. The molecule has 0 N–H and O–H groups in total. The summed E-state index contributed by atoms with van der Waals surface area (Å²) in [5.74, 6) is 0. The lowest BCUT2D eigenvalue weighted by molar-refractivity contribution is -0.000310. The lowest BCUT2D eigenvalue weighted by Gasteiger charge is -2.39. The van der Waals surface area contributed by atoms with E-state index < -0.39 is 5.60 Å². The number of halogens is 1. The van der Waals surface area contributed by atoms with Gasteiger partial charge in [-0.05, 0) is 56.6 Å². The van der Waals surface area contributed by atoms with Crippen molar-refractivity contribution in [1.82, 2.24) is 14.7 Å². The molecule has 5 nitrogen and oxygen atoms in total. The maximum atomic E-state index is 12.3. The second kappa shape index (κ2) is 4.81. The molecule has 2 rings (SSSR count). The molecule has 0 bridgehead atoms. The SMILES string of the molecule is C[C@@H]1Cn2nc(Br)cc2[C@H](C)N1C(=O)OC(C)(C)C. The standard InChI is InChI=1S/C13H20BrN3O2/c1-8-7-16-10(6-11(14)15-16)9(2)17(8)12(18)19-13(3,4)5/h6,8-9H,7H2,1-5H3/t8-,9+/m1/s1. The van der Waals surface area contributed by atoms with E-state index in [1.807, 2.05) is 45.4 Å². The fourth-order valence-electron chi connectivity index (χ4n) is 2.40. The molecule has 0 aliphatic carbocycles. The third-order valence-corrected chi connectivity index (χ3v) is 3.53. The Morgan fingerprint density at radius 3 is 2.68 bits per heavy atom. The zero-order valence-electron chi connectivity index (χ0n) is 12.0. The summed E-state index contributed by atoms with van der Waals surface area (Å²) in [5.41, 5.74) is 0.547. The molecule has 1 aromatic rings. The quantitative estimate of drug-likeness (QED) is 0.733. The van der Waals surface area contributed by atoms with Crippen molar-refractivity contribution in [2.75, 3.05) is 0 Å². The highest BCUT2D eigenvalue weighted by molar-refractivity contribution is 9.10. The minimum Gasteiger partial charge on any atom is -0.444 e. The van der Waals surface area contributed by atoms with Crippen molar-refractivity contribution >= 4 is 22.0 Å². The number of ether oxygens (including phenoxy) is 1. The summed E-state index contributed by atoms with van der Waals surface area (Å²) in [6.07, 6.45) is -0.268. The minimum absolute atomic E-state index is 0.0441. The van der Waals surface area contributed by atoms with Crippen LogP contribution in [0.25, 0.3) is 0 Å². The van der Waals surface area contributed by atoms with Crippen molar-refractivity contribution in [3.63, 3.8) is 0 Å². The third-order valence-electron chi connectivity index (χ3n) is 3.14. The topological polar surface area (TPSA) is 47.4 Å². The van der Waals surface area contributed by atoms with Crippen LogP contribution in [0.4, 0.5) is 4.79 Å². The van der Waals surface area contributed by atoms with E-state index in [1.54, 1.807) is 4.90 Å². The molecule has 0 radical (unpaired) electrons. The Morgan fingerprint density at radius 2 is 2.11 bits per heavy atom. The van der Waals surface area contributed by atoms with Gasteiger partial charge in [-0.15, -0.1) is 0 Å². The van der Waals surface area contributed by atoms with Crippen molar-refractivity contribution in [2.45, 2.75) is 58.8 Å². The molecule has 0 saturated heterocycles. The smallest absolute Gasteiger partial charge is 0.411 e. The monoisotopic (exact) mass is 329 g/mol. The number of fused-ring (bicyclic) bond motifs is 1. The van der Waals surface area contributed by atoms with Gasteiger partial charge in [-0.25, -0.2) is 4.79 Å². The molecule has 0 fully saturated rings. The molecule has 106 valence electrons. The van der Waals surface area contributed by atoms with Gasteiger partial charge < -0.3 is 4.74 Å². The van der Waals surface area contributed by atoms with Crippen LogP contribution in [0.5, 0.6) is 0 Å². The lowest BCUT2D eigenvalue weighted by atomic mass is 10.1. The van der Waals surface area contributed by atoms with Crippen molar-refractivity contribution in [3.8, 4) is 0 Å². The van der Waals surface area contributed by atoms with E-state index in [9.17, 15) is 4.79 Å². The largest absolute Gasteiger partial charge is 0.444 e. The van der Waals surface area contributed by atoms with Gasteiger partial charge in [-0.1, -0.05) is 0 Å². The molecule has 1 amide bonds. The van der Waals surface area contributed by atoms with E-state index in [-0.39, 0.29) is 18.2 Å². The summed E-state index contributed by atoms with van der Waals surface area (Å²) in [4.78, 5) is 14.1. The maximum absolute atomic E-state index is 12.3. The summed E-state index contributed by atoms with van der Waals surface area (Å²) < 4.78 is 8.23. The summed E-state index contributed by atoms with van der Waals surface area (Å²) in [6, 6.07) is 1.97. The summed E-state index contributed by atoms with van der Waals surface area (Å²) in [6.45, 7) is 10.3. The van der Waals surface area contributed by atoms with E-state index in [4.69, 9.17) is 4.74 Å². The Kier molecular flexibility index (Phi) is 3.64. The fraction of sp³-hybridized carbons (Fsp3) is 0.692. The van der Waals surface area contributed by atoms with Gasteiger partial charge >= 0.3 is 6.09 Å². The maximum Gasteiger partial charge on any atom is 0.411 e. The van der Waals surface area contributed by atoms with Crippen LogP contribution in [0.3, 0.4) is 0 Å². The number of carbonyl (C=O) groups is 1. The predicted octanol–water partition coefficient (Wildman–Crippen LogP) is 3.35. The number of nitrogens with zero attached hydrogens (tertiary/aromatic N) is 3. The highest BCUT2D eigenvalue weighted by atomic mass is 79.9. The lowest BCUT2D eigenvalue weighted by Crippen LogP contribution is -2.48. The van der Waals surface area contributed by atoms with E-state index in [0.29, 0.717) is 6.54 Å². The van der Waals surface area contributed by atoms with Crippen molar-refractivity contribution in [3.05, 3.63) is 16.4 Å². The van der Waals surface area contributed by atoms with Gasteiger partial charge in [0.15, 0.2) is 0 Å². The Balaban J connectivity index is 2.25. The molecule has 1 aliphatic rings. The van der Waals surface area contributed by atoms with Gasteiger partial charge in [0.25, 0.3) is 0 Å². The van der Waals surface area contributed by atoms with Crippen LogP contribution in [0.2, 0.25) is 0 Å². The first-order valence-corrected chi connectivity index (χ1v) is 7.23.